The van der Waals surface area contributed by atoms with Gasteiger partial charge in [0, 0.05) is 43.4 Å². The first-order valence-electron chi connectivity index (χ1n) is 7.95. The minimum absolute atomic E-state index is 0.0254. The number of aromatic nitrogens is 1. The molecule has 2 amide bonds. The van der Waals surface area contributed by atoms with E-state index < -0.39 is 0 Å². The Kier molecular flexibility index (Phi) is 3.22. The van der Waals surface area contributed by atoms with Crippen LogP contribution in [0.1, 0.15) is 23.3 Å². The van der Waals surface area contributed by atoms with Crippen molar-refractivity contribution in [2.45, 2.75) is 12.8 Å². The predicted molar refractivity (Wildman–Crippen MR) is 87.2 cm³/mol. The number of rotatable bonds is 2. The lowest BCUT2D eigenvalue weighted by Crippen LogP contribution is -2.34. The molecule has 2 aliphatic heterocycles. The molecule has 0 aliphatic carbocycles. The molecule has 1 aromatic heterocycles. The molecule has 2 fully saturated rings. The van der Waals surface area contributed by atoms with Gasteiger partial charge in [0.1, 0.15) is 5.69 Å². The third-order valence-corrected chi connectivity index (χ3v) is 4.94. The van der Waals surface area contributed by atoms with Gasteiger partial charge in [0.2, 0.25) is 5.91 Å². The van der Waals surface area contributed by atoms with E-state index in [1.165, 1.54) is 0 Å². The van der Waals surface area contributed by atoms with Gasteiger partial charge >= 0.3 is 0 Å². The number of hydrogen-bond donors (Lipinski definition) is 1. The van der Waals surface area contributed by atoms with Gasteiger partial charge in [-0.15, -0.1) is 0 Å². The predicted octanol–water partition coefficient (Wildman–Crippen LogP) is 2.28. The van der Waals surface area contributed by atoms with Crippen LogP contribution in [0.5, 0.6) is 0 Å². The molecule has 2 saturated heterocycles. The number of anilines is 1. The van der Waals surface area contributed by atoms with E-state index in [1.54, 1.807) is 12.3 Å². The summed E-state index contributed by atoms with van der Waals surface area (Å²) in [7, 11) is 0. The fourth-order valence-electron chi connectivity index (χ4n) is 3.75. The summed E-state index contributed by atoms with van der Waals surface area (Å²) in [6.07, 6.45) is 3.17. The van der Waals surface area contributed by atoms with Crippen molar-refractivity contribution in [3.63, 3.8) is 0 Å². The van der Waals surface area contributed by atoms with E-state index in [4.69, 9.17) is 0 Å². The minimum atomic E-state index is -0.102. The van der Waals surface area contributed by atoms with E-state index in [1.807, 2.05) is 46.2 Å². The summed E-state index contributed by atoms with van der Waals surface area (Å²) in [4.78, 5) is 31.6. The van der Waals surface area contributed by atoms with E-state index in [0.29, 0.717) is 31.7 Å². The van der Waals surface area contributed by atoms with Crippen LogP contribution >= 0.6 is 0 Å². The summed E-state index contributed by atoms with van der Waals surface area (Å²) in [5.74, 6) is 0.183. The smallest absolute Gasteiger partial charge is 0.270 e. The molecule has 5 heteroatoms. The third kappa shape index (κ3) is 2.42. The summed E-state index contributed by atoms with van der Waals surface area (Å²) >= 11 is 0. The molecule has 23 heavy (non-hydrogen) atoms. The van der Waals surface area contributed by atoms with Crippen LogP contribution in [0, 0.1) is 5.41 Å². The standard InChI is InChI=1S/C18H19N3O2/c22-16-11-18(13-21(16)14-5-2-1-3-6-14)8-10-20(12-18)17(23)15-7-4-9-19-15/h1-7,9,19H,8,10-13H2/t18-/m0/s1. The number of H-pyrrole nitrogens is 1. The number of carbonyl (C=O) groups excluding carboxylic acids is 2. The number of nitrogens with one attached hydrogen (secondary N) is 1. The monoisotopic (exact) mass is 309 g/mol. The van der Waals surface area contributed by atoms with Crippen molar-refractivity contribution in [3.05, 3.63) is 54.4 Å². The Hall–Kier alpha value is -2.56. The van der Waals surface area contributed by atoms with Crippen LogP contribution in [-0.2, 0) is 4.79 Å². The highest BCUT2D eigenvalue weighted by Gasteiger charge is 2.48. The van der Waals surface area contributed by atoms with E-state index in [2.05, 4.69) is 4.98 Å². The van der Waals surface area contributed by atoms with Gasteiger partial charge in [0.15, 0.2) is 0 Å². The van der Waals surface area contributed by atoms with Crippen LogP contribution < -0.4 is 4.90 Å². The molecule has 0 bridgehead atoms. The first-order valence-corrected chi connectivity index (χ1v) is 7.95. The quantitative estimate of drug-likeness (QED) is 0.925. The fraction of sp³-hybridized carbons (Fsp3) is 0.333. The van der Waals surface area contributed by atoms with Crippen molar-refractivity contribution in [2.75, 3.05) is 24.5 Å². The van der Waals surface area contributed by atoms with Crippen LogP contribution in [0.25, 0.3) is 0 Å². The lowest BCUT2D eigenvalue weighted by molar-refractivity contribution is -0.117. The molecule has 0 radical (unpaired) electrons. The van der Waals surface area contributed by atoms with Gasteiger partial charge in [-0.3, -0.25) is 9.59 Å². The molecule has 1 atom stereocenters. The second kappa shape index (κ2) is 5.26. The number of para-hydroxylation sites is 1. The van der Waals surface area contributed by atoms with Gasteiger partial charge in [-0.25, -0.2) is 0 Å². The number of benzene rings is 1. The normalized spacial score (nSPS) is 23.9. The first-order chi connectivity index (χ1) is 11.2. The molecule has 1 spiro atoms. The third-order valence-electron chi connectivity index (χ3n) is 4.94. The Morgan fingerprint density at radius 2 is 1.91 bits per heavy atom. The van der Waals surface area contributed by atoms with Crippen molar-refractivity contribution in [2.24, 2.45) is 5.41 Å². The fourth-order valence-corrected chi connectivity index (χ4v) is 3.75. The molecule has 118 valence electrons. The van der Waals surface area contributed by atoms with E-state index >= 15 is 0 Å². The van der Waals surface area contributed by atoms with Gasteiger partial charge in [-0.1, -0.05) is 18.2 Å². The van der Waals surface area contributed by atoms with E-state index in [9.17, 15) is 9.59 Å². The van der Waals surface area contributed by atoms with Crippen LogP contribution in [-0.4, -0.2) is 41.3 Å². The van der Waals surface area contributed by atoms with Crippen molar-refractivity contribution in [3.8, 4) is 0 Å². The van der Waals surface area contributed by atoms with E-state index in [-0.39, 0.29) is 17.2 Å². The molecule has 2 aromatic rings. The number of likely N-dealkylation sites (tertiary alicyclic amines) is 1. The zero-order valence-corrected chi connectivity index (χ0v) is 12.9. The largest absolute Gasteiger partial charge is 0.357 e. The van der Waals surface area contributed by atoms with Crippen LogP contribution in [0.4, 0.5) is 5.69 Å². The molecule has 2 aliphatic rings. The first kappa shape index (κ1) is 14.1. The van der Waals surface area contributed by atoms with Crippen molar-refractivity contribution >= 4 is 17.5 Å². The molecule has 5 nitrogen and oxygen atoms in total. The molecule has 3 heterocycles. The molecule has 0 unspecified atom stereocenters. The van der Waals surface area contributed by atoms with Gasteiger partial charge in [-0.05, 0) is 30.7 Å². The maximum atomic E-state index is 12.5. The van der Waals surface area contributed by atoms with Crippen LogP contribution in [0.2, 0.25) is 0 Å². The van der Waals surface area contributed by atoms with Gasteiger partial charge in [-0.2, -0.15) is 0 Å². The number of amides is 2. The molecular weight excluding hydrogens is 290 g/mol. The topological polar surface area (TPSA) is 56.4 Å². The Morgan fingerprint density at radius 1 is 1.09 bits per heavy atom. The highest BCUT2D eigenvalue weighted by atomic mass is 16.2. The lowest BCUT2D eigenvalue weighted by Gasteiger charge is -2.24. The van der Waals surface area contributed by atoms with Gasteiger partial charge < -0.3 is 14.8 Å². The Bertz CT molecular complexity index is 726. The number of nitrogens with zero attached hydrogens (tertiary/aromatic N) is 2. The summed E-state index contributed by atoms with van der Waals surface area (Å²) in [5, 5.41) is 0. The maximum Gasteiger partial charge on any atom is 0.270 e. The second-order valence-electron chi connectivity index (χ2n) is 6.55. The van der Waals surface area contributed by atoms with Crippen molar-refractivity contribution in [1.29, 1.82) is 0 Å². The number of hydrogen-bond acceptors (Lipinski definition) is 2. The van der Waals surface area contributed by atoms with Crippen molar-refractivity contribution < 1.29 is 9.59 Å². The number of aromatic amines is 1. The van der Waals surface area contributed by atoms with Crippen LogP contribution in [0.15, 0.2) is 48.7 Å². The Morgan fingerprint density at radius 3 is 2.65 bits per heavy atom. The average molecular weight is 309 g/mol. The zero-order chi connectivity index (χ0) is 15.9. The van der Waals surface area contributed by atoms with Crippen molar-refractivity contribution in [1.82, 2.24) is 9.88 Å². The lowest BCUT2D eigenvalue weighted by atomic mass is 9.86. The Labute approximate surface area is 134 Å². The molecule has 0 saturated carbocycles. The summed E-state index contributed by atoms with van der Waals surface area (Å²) in [6, 6.07) is 13.4. The highest BCUT2D eigenvalue weighted by Crippen LogP contribution is 2.42. The maximum absolute atomic E-state index is 12.5. The minimum Gasteiger partial charge on any atom is -0.357 e. The average Bonchev–Trinajstić information content (AvgIpc) is 3.29. The SMILES string of the molecule is O=C(c1ccc[nH]1)N1CC[C@]2(CC(=O)N(c3ccccc3)C2)C1. The zero-order valence-electron chi connectivity index (χ0n) is 12.9. The van der Waals surface area contributed by atoms with Crippen LogP contribution in [0.3, 0.4) is 0 Å². The summed E-state index contributed by atoms with van der Waals surface area (Å²) in [5.41, 5.74) is 1.46. The molecule has 4 rings (SSSR count). The second-order valence-corrected chi connectivity index (χ2v) is 6.55. The summed E-state index contributed by atoms with van der Waals surface area (Å²) < 4.78 is 0. The van der Waals surface area contributed by atoms with E-state index in [0.717, 1.165) is 12.1 Å². The number of carbonyl (C=O) groups is 2. The molecule has 1 aromatic carbocycles. The summed E-state index contributed by atoms with van der Waals surface area (Å²) in [6.45, 7) is 2.07. The van der Waals surface area contributed by atoms with Gasteiger partial charge in [0.05, 0.1) is 0 Å². The molecule has 1 N–H and O–H groups in total. The Balaban J connectivity index is 1.51. The molecular formula is C18H19N3O2. The highest BCUT2D eigenvalue weighted by molar-refractivity contribution is 5.97. The van der Waals surface area contributed by atoms with Gasteiger partial charge in [0.25, 0.3) is 5.91 Å².